The molecule has 0 unspecified atom stereocenters. The molecule has 0 atom stereocenters. The molecule has 96 valence electrons. The largest absolute Gasteiger partial charge is 0.308 e. The number of hydrogen-bond donors (Lipinski definition) is 1. The molecule has 0 amide bonds. The van der Waals surface area contributed by atoms with Gasteiger partial charge in [-0.05, 0) is 26.3 Å². The van der Waals surface area contributed by atoms with E-state index in [-0.39, 0.29) is 0 Å². The van der Waals surface area contributed by atoms with Gasteiger partial charge in [0.05, 0.1) is 5.69 Å². The lowest BCUT2D eigenvalue weighted by Crippen LogP contribution is -2.13. The minimum atomic E-state index is 0.875. The van der Waals surface area contributed by atoms with E-state index >= 15 is 0 Å². The summed E-state index contributed by atoms with van der Waals surface area (Å²) in [6, 6.07) is 8.60. The van der Waals surface area contributed by atoms with Gasteiger partial charge in [-0.2, -0.15) is 5.10 Å². The molecule has 0 aliphatic carbocycles. The predicted molar refractivity (Wildman–Crippen MR) is 74.4 cm³/mol. The molecular formula is C15H21N3. The maximum atomic E-state index is 4.45. The summed E-state index contributed by atoms with van der Waals surface area (Å²) in [5.74, 6) is 0. The van der Waals surface area contributed by atoms with Crippen LogP contribution in [0.1, 0.15) is 29.3 Å². The molecule has 1 heterocycles. The van der Waals surface area contributed by atoms with Gasteiger partial charge >= 0.3 is 0 Å². The molecule has 2 rings (SSSR count). The summed E-state index contributed by atoms with van der Waals surface area (Å²) >= 11 is 0. The van der Waals surface area contributed by atoms with Crippen molar-refractivity contribution in [1.29, 1.82) is 0 Å². The smallest absolute Gasteiger partial charge is 0.0638 e. The van der Waals surface area contributed by atoms with Crippen molar-refractivity contribution >= 4 is 0 Å². The van der Waals surface area contributed by atoms with Crippen LogP contribution >= 0.6 is 0 Å². The van der Waals surface area contributed by atoms with Crippen molar-refractivity contribution in [3.05, 3.63) is 52.8 Å². The molecular weight excluding hydrogens is 222 g/mol. The normalized spacial score (nSPS) is 10.8. The van der Waals surface area contributed by atoms with Crippen LogP contribution in [0.25, 0.3) is 0 Å². The Hall–Kier alpha value is -1.61. The SMILES string of the molecule is CCn1cc(CNCc2cccc(C)c2)c(C)n1. The van der Waals surface area contributed by atoms with Crippen LogP contribution in [-0.4, -0.2) is 9.78 Å². The van der Waals surface area contributed by atoms with Crippen molar-refractivity contribution in [2.45, 2.75) is 40.4 Å². The molecule has 1 aromatic carbocycles. The fourth-order valence-electron chi connectivity index (χ4n) is 2.06. The van der Waals surface area contributed by atoms with Gasteiger partial charge in [0.15, 0.2) is 0 Å². The summed E-state index contributed by atoms with van der Waals surface area (Å²) in [5.41, 5.74) is 5.04. The average Bonchev–Trinajstić information content (AvgIpc) is 2.71. The Morgan fingerprint density at radius 2 is 2.06 bits per heavy atom. The van der Waals surface area contributed by atoms with E-state index in [0.717, 1.165) is 25.3 Å². The van der Waals surface area contributed by atoms with E-state index in [1.54, 1.807) is 0 Å². The second kappa shape index (κ2) is 5.83. The highest BCUT2D eigenvalue weighted by Crippen LogP contribution is 2.07. The molecule has 3 nitrogen and oxygen atoms in total. The summed E-state index contributed by atoms with van der Waals surface area (Å²) in [6.45, 7) is 9.00. The molecule has 0 saturated heterocycles. The number of hydrogen-bond acceptors (Lipinski definition) is 2. The van der Waals surface area contributed by atoms with Crippen LogP contribution < -0.4 is 5.32 Å². The van der Waals surface area contributed by atoms with Crippen molar-refractivity contribution < 1.29 is 0 Å². The standard InChI is InChI=1S/C15H21N3/c1-4-18-11-15(13(3)17-18)10-16-9-14-7-5-6-12(2)8-14/h5-8,11,16H,4,9-10H2,1-3H3. The van der Waals surface area contributed by atoms with E-state index in [9.17, 15) is 0 Å². The molecule has 18 heavy (non-hydrogen) atoms. The zero-order chi connectivity index (χ0) is 13.0. The number of nitrogens with zero attached hydrogens (tertiary/aromatic N) is 2. The van der Waals surface area contributed by atoms with Crippen molar-refractivity contribution in [2.75, 3.05) is 0 Å². The molecule has 1 aromatic heterocycles. The van der Waals surface area contributed by atoms with Crippen LogP contribution in [-0.2, 0) is 19.6 Å². The topological polar surface area (TPSA) is 29.9 Å². The summed E-state index contributed by atoms with van der Waals surface area (Å²) in [6.07, 6.45) is 2.12. The quantitative estimate of drug-likeness (QED) is 0.875. The monoisotopic (exact) mass is 243 g/mol. The van der Waals surface area contributed by atoms with Gasteiger partial charge in [-0.15, -0.1) is 0 Å². The summed E-state index contributed by atoms with van der Waals surface area (Å²) in [7, 11) is 0. The number of aromatic nitrogens is 2. The number of benzene rings is 1. The van der Waals surface area contributed by atoms with Gasteiger partial charge in [0.2, 0.25) is 0 Å². The molecule has 3 heteroatoms. The van der Waals surface area contributed by atoms with Crippen LogP contribution in [0.15, 0.2) is 30.5 Å². The molecule has 1 N–H and O–H groups in total. The van der Waals surface area contributed by atoms with Crippen LogP contribution in [0.3, 0.4) is 0 Å². The van der Waals surface area contributed by atoms with Gasteiger partial charge < -0.3 is 5.32 Å². The first-order chi connectivity index (χ1) is 8.69. The molecule has 0 aliphatic heterocycles. The lowest BCUT2D eigenvalue weighted by Gasteiger charge is -2.05. The Morgan fingerprint density at radius 3 is 2.72 bits per heavy atom. The fraction of sp³-hybridized carbons (Fsp3) is 0.400. The predicted octanol–water partition coefficient (Wildman–Crippen LogP) is 2.81. The maximum Gasteiger partial charge on any atom is 0.0638 e. The molecule has 0 saturated carbocycles. The summed E-state index contributed by atoms with van der Waals surface area (Å²) in [4.78, 5) is 0. The third-order valence-corrected chi connectivity index (χ3v) is 3.10. The van der Waals surface area contributed by atoms with E-state index in [0.29, 0.717) is 0 Å². The minimum Gasteiger partial charge on any atom is -0.308 e. The highest BCUT2D eigenvalue weighted by atomic mass is 15.3. The summed E-state index contributed by atoms with van der Waals surface area (Å²) in [5, 5.41) is 7.92. The van der Waals surface area contributed by atoms with E-state index in [1.165, 1.54) is 16.7 Å². The maximum absolute atomic E-state index is 4.45. The Bertz CT molecular complexity index is 514. The van der Waals surface area contributed by atoms with Crippen LogP contribution in [0, 0.1) is 13.8 Å². The minimum absolute atomic E-state index is 0.875. The van der Waals surface area contributed by atoms with Gasteiger partial charge in [-0.1, -0.05) is 29.8 Å². The van der Waals surface area contributed by atoms with Crippen LogP contribution in [0.4, 0.5) is 0 Å². The molecule has 2 aromatic rings. The number of nitrogens with one attached hydrogen (secondary N) is 1. The third-order valence-electron chi connectivity index (χ3n) is 3.10. The van der Waals surface area contributed by atoms with Gasteiger partial charge in [0.25, 0.3) is 0 Å². The zero-order valence-electron chi connectivity index (χ0n) is 11.4. The first-order valence-electron chi connectivity index (χ1n) is 6.48. The fourth-order valence-corrected chi connectivity index (χ4v) is 2.06. The van der Waals surface area contributed by atoms with Gasteiger partial charge in [0.1, 0.15) is 0 Å². The zero-order valence-corrected chi connectivity index (χ0v) is 11.4. The Kier molecular flexibility index (Phi) is 4.15. The first-order valence-corrected chi connectivity index (χ1v) is 6.48. The van der Waals surface area contributed by atoms with Crippen molar-refractivity contribution in [3.8, 4) is 0 Å². The highest BCUT2D eigenvalue weighted by molar-refractivity contribution is 5.22. The van der Waals surface area contributed by atoms with E-state index in [2.05, 4.69) is 61.6 Å². The lowest BCUT2D eigenvalue weighted by molar-refractivity contribution is 0.651. The number of aryl methyl sites for hydroxylation is 3. The molecule has 0 aliphatic rings. The number of rotatable bonds is 5. The summed E-state index contributed by atoms with van der Waals surface area (Å²) < 4.78 is 1.99. The highest BCUT2D eigenvalue weighted by Gasteiger charge is 2.03. The average molecular weight is 243 g/mol. The van der Waals surface area contributed by atoms with Gasteiger partial charge in [0, 0.05) is 31.4 Å². The van der Waals surface area contributed by atoms with Gasteiger partial charge in [-0.3, -0.25) is 4.68 Å². The van der Waals surface area contributed by atoms with Crippen LogP contribution in [0.2, 0.25) is 0 Å². The van der Waals surface area contributed by atoms with E-state index in [4.69, 9.17) is 0 Å². The van der Waals surface area contributed by atoms with Crippen molar-refractivity contribution in [2.24, 2.45) is 0 Å². The molecule has 0 spiro atoms. The van der Waals surface area contributed by atoms with Crippen molar-refractivity contribution in [1.82, 2.24) is 15.1 Å². The first kappa shape index (κ1) is 12.8. The van der Waals surface area contributed by atoms with E-state index in [1.807, 2.05) is 4.68 Å². The third kappa shape index (κ3) is 3.20. The molecule has 0 radical (unpaired) electrons. The van der Waals surface area contributed by atoms with E-state index < -0.39 is 0 Å². The van der Waals surface area contributed by atoms with Gasteiger partial charge in [-0.25, -0.2) is 0 Å². The van der Waals surface area contributed by atoms with Crippen molar-refractivity contribution in [3.63, 3.8) is 0 Å². The Balaban J connectivity index is 1.90. The molecule has 0 bridgehead atoms. The van der Waals surface area contributed by atoms with Crippen LogP contribution in [0.5, 0.6) is 0 Å². The Labute approximate surface area is 109 Å². The molecule has 0 fully saturated rings. The second-order valence-corrected chi connectivity index (χ2v) is 4.69. The Morgan fingerprint density at radius 1 is 1.22 bits per heavy atom. The lowest BCUT2D eigenvalue weighted by atomic mass is 10.1. The second-order valence-electron chi connectivity index (χ2n) is 4.69.